The van der Waals surface area contributed by atoms with Gasteiger partial charge in [0.1, 0.15) is 11.1 Å². The van der Waals surface area contributed by atoms with E-state index in [1.807, 2.05) is 76.2 Å². The van der Waals surface area contributed by atoms with Crippen molar-refractivity contribution in [3.8, 4) is 0 Å². The summed E-state index contributed by atoms with van der Waals surface area (Å²) in [5.41, 5.74) is 0.646. The fourth-order valence-corrected chi connectivity index (χ4v) is 4.29. The van der Waals surface area contributed by atoms with Crippen LogP contribution >= 0.6 is 23.2 Å². The van der Waals surface area contributed by atoms with E-state index >= 15 is 0 Å². The van der Waals surface area contributed by atoms with Gasteiger partial charge in [-0.15, -0.1) is 0 Å². The van der Waals surface area contributed by atoms with Crippen LogP contribution in [-0.4, -0.2) is 40.6 Å². The van der Waals surface area contributed by atoms with Crippen LogP contribution in [0, 0.1) is 0 Å². The number of carbonyl (C=O) groups is 2. The summed E-state index contributed by atoms with van der Waals surface area (Å²) >= 11 is 12.2. The second-order valence-electron chi connectivity index (χ2n) is 9.91. The molecule has 0 radical (unpaired) electrons. The van der Waals surface area contributed by atoms with E-state index in [4.69, 9.17) is 27.9 Å². The summed E-state index contributed by atoms with van der Waals surface area (Å²) in [4.78, 5) is 27.4. The zero-order valence-corrected chi connectivity index (χ0v) is 21.3. The van der Waals surface area contributed by atoms with Gasteiger partial charge < -0.3 is 10.1 Å². The first-order chi connectivity index (χ1) is 15.4. The molecule has 178 valence electrons. The molecule has 1 aliphatic heterocycles. The Morgan fingerprint density at radius 3 is 2.09 bits per heavy atom. The highest BCUT2D eigenvalue weighted by atomic mass is 35.5. The van der Waals surface area contributed by atoms with Gasteiger partial charge in [-0.2, -0.15) is 0 Å². The summed E-state index contributed by atoms with van der Waals surface area (Å²) in [6, 6.07) is 15.2. The van der Waals surface area contributed by atoms with Gasteiger partial charge in [0, 0.05) is 28.5 Å². The third-order valence-electron chi connectivity index (χ3n) is 6.15. The predicted octanol–water partition coefficient (Wildman–Crippen LogP) is 6.22. The van der Waals surface area contributed by atoms with Crippen molar-refractivity contribution in [1.82, 2.24) is 10.2 Å². The lowest BCUT2D eigenvalue weighted by molar-refractivity contribution is -0.141. The molecular formula is C26H32Cl2N2O3. The lowest BCUT2D eigenvalue weighted by Gasteiger charge is -2.49. The quantitative estimate of drug-likeness (QED) is 0.522. The molecule has 0 aliphatic carbocycles. The normalized spacial score (nSPS) is 19.9. The molecule has 1 aliphatic rings. The number of amides is 2. The number of nitrogens with zero attached hydrogens (tertiary/aromatic N) is 1. The van der Waals surface area contributed by atoms with Gasteiger partial charge in [-0.3, -0.25) is 9.69 Å². The topological polar surface area (TPSA) is 58.6 Å². The summed E-state index contributed by atoms with van der Waals surface area (Å²) in [6.07, 6.45) is 0.842. The summed E-state index contributed by atoms with van der Waals surface area (Å²) in [5, 5.41) is 4.51. The number of carbonyl (C=O) groups excluding carboxylic acids is 2. The molecule has 33 heavy (non-hydrogen) atoms. The Hall–Kier alpha value is -2.24. The van der Waals surface area contributed by atoms with Crippen molar-refractivity contribution in [1.29, 1.82) is 0 Å². The maximum Gasteiger partial charge on any atom is 0.411 e. The highest BCUT2D eigenvalue weighted by Crippen LogP contribution is 2.33. The molecule has 2 aromatic rings. The summed E-state index contributed by atoms with van der Waals surface area (Å²) < 4.78 is 5.49. The van der Waals surface area contributed by atoms with Crippen LogP contribution in [0.1, 0.15) is 58.1 Å². The van der Waals surface area contributed by atoms with E-state index in [9.17, 15) is 9.59 Å². The Kier molecular flexibility index (Phi) is 7.65. The first-order valence-electron chi connectivity index (χ1n) is 11.2. The van der Waals surface area contributed by atoms with Crippen molar-refractivity contribution in [2.45, 2.75) is 70.6 Å². The van der Waals surface area contributed by atoms with Crippen LogP contribution in [0.25, 0.3) is 0 Å². The van der Waals surface area contributed by atoms with Crippen molar-refractivity contribution in [3.05, 3.63) is 69.7 Å². The zero-order valence-electron chi connectivity index (χ0n) is 19.8. The lowest BCUT2D eigenvalue weighted by atomic mass is 9.83. The van der Waals surface area contributed by atoms with Crippen LogP contribution in [-0.2, 0) is 16.0 Å². The van der Waals surface area contributed by atoms with Crippen molar-refractivity contribution in [3.63, 3.8) is 0 Å². The van der Waals surface area contributed by atoms with Crippen LogP contribution in [0.2, 0.25) is 10.0 Å². The molecule has 3 rings (SSSR count). The van der Waals surface area contributed by atoms with Gasteiger partial charge in [0.25, 0.3) is 0 Å². The first-order valence-corrected chi connectivity index (χ1v) is 12.0. The number of likely N-dealkylation sites (tertiary alicyclic amines) is 1. The second kappa shape index (κ2) is 9.94. The largest absolute Gasteiger partial charge is 0.444 e. The van der Waals surface area contributed by atoms with E-state index in [1.54, 1.807) is 6.92 Å². The Balaban J connectivity index is 1.77. The van der Waals surface area contributed by atoms with Crippen LogP contribution in [0.4, 0.5) is 4.79 Å². The Morgan fingerprint density at radius 2 is 1.61 bits per heavy atom. The van der Waals surface area contributed by atoms with Crippen LogP contribution in [0.3, 0.4) is 0 Å². The van der Waals surface area contributed by atoms with E-state index in [-0.39, 0.29) is 17.9 Å². The molecule has 3 atom stereocenters. The summed E-state index contributed by atoms with van der Waals surface area (Å²) in [6.45, 7) is 9.73. The monoisotopic (exact) mass is 490 g/mol. The molecule has 0 bridgehead atoms. The average molecular weight is 491 g/mol. The Labute approximate surface area is 206 Å². The molecule has 2 aromatic carbocycles. The highest BCUT2D eigenvalue weighted by molar-refractivity contribution is 6.30. The number of ether oxygens (including phenoxy) is 1. The molecule has 1 N–H and O–H groups in total. The number of hydrogen-bond donors (Lipinski definition) is 1. The minimum Gasteiger partial charge on any atom is -0.444 e. The minimum absolute atomic E-state index is 0.00560. The van der Waals surface area contributed by atoms with Crippen LogP contribution in [0.15, 0.2) is 48.5 Å². The van der Waals surface area contributed by atoms with E-state index in [2.05, 4.69) is 5.32 Å². The number of halogens is 2. The SMILES string of the molecule is C[C@@H](NC(=O)C1(C)CCN1C(=O)OC(C)(C)C)[C@H](Cc1ccc(Cl)cc1)c1ccc(Cl)cc1. The molecule has 0 saturated carbocycles. The number of rotatable bonds is 6. The Bertz CT molecular complexity index is 986. The standard InChI is InChI=1S/C26H32Cl2N2O3/c1-17(29-23(31)26(5)14-15-30(26)24(32)33-25(2,3)4)22(19-8-12-21(28)13-9-19)16-18-6-10-20(27)11-7-18/h6-13,17,22H,14-16H2,1-5H3,(H,29,31)/t17-,22+,26?/m1/s1. The molecule has 7 heteroatoms. The smallest absolute Gasteiger partial charge is 0.411 e. The molecule has 1 heterocycles. The van der Waals surface area contributed by atoms with Gasteiger partial charge in [-0.25, -0.2) is 4.79 Å². The maximum absolute atomic E-state index is 13.3. The molecular weight excluding hydrogens is 459 g/mol. The highest BCUT2D eigenvalue weighted by Gasteiger charge is 2.51. The molecule has 0 spiro atoms. The Morgan fingerprint density at radius 1 is 1.06 bits per heavy atom. The second-order valence-corrected chi connectivity index (χ2v) is 10.8. The molecule has 2 amide bonds. The van der Waals surface area contributed by atoms with E-state index in [0.717, 1.165) is 11.1 Å². The summed E-state index contributed by atoms with van der Waals surface area (Å²) in [7, 11) is 0. The van der Waals surface area contributed by atoms with Gasteiger partial charge in [-0.1, -0.05) is 47.5 Å². The summed E-state index contributed by atoms with van der Waals surface area (Å²) in [5.74, 6) is -0.173. The fraction of sp³-hybridized carbons (Fsp3) is 0.462. The molecule has 1 fully saturated rings. The van der Waals surface area contributed by atoms with E-state index < -0.39 is 17.2 Å². The van der Waals surface area contributed by atoms with Gasteiger partial charge in [0.15, 0.2) is 0 Å². The predicted molar refractivity (Wildman–Crippen MR) is 133 cm³/mol. The van der Waals surface area contributed by atoms with Gasteiger partial charge in [0.2, 0.25) is 5.91 Å². The van der Waals surface area contributed by atoms with E-state index in [1.165, 1.54) is 4.90 Å². The fourth-order valence-electron chi connectivity index (χ4n) is 4.04. The lowest BCUT2D eigenvalue weighted by Crippen LogP contribution is -2.68. The van der Waals surface area contributed by atoms with Crippen molar-refractivity contribution in [2.24, 2.45) is 0 Å². The maximum atomic E-state index is 13.3. The zero-order chi connectivity index (χ0) is 24.4. The number of nitrogens with one attached hydrogen (secondary N) is 1. The van der Waals surface area contributed by atoms with Crippen molar-refractivity contribution in [2.75, 3.05) is 6.54 Å². The minimum atomic E-state index is -0.929. The van der Waals surface area contributed by atoms with Gasteiger partial charge in [0.05, 0.1) is 0 Å². The average Bonchev–Trinajstić information content (AvgIpc) is 2.71. The molecule has 5 nitrogen and oxygen atoms in total. The molecule has 0 aromatic heterocycles. The van der Waals surface area contributed by atoms with Crippen molar-refractivity contribution < 1.29 is 14.3 Å². The van der Waals surface area contributed by atoms with Gasteiger partial charge in [-0.05, 0) is 82.9 Å². The van der Waals surface area contributed by atoms with Gasteiger partial charge >= 0.3 is 6.09 Å². The molecule has 1 unspecified atom stereocenters. The number of benzene rings is 2. The third-order valence-corrected chi connectivity index (χ3v) is 6.65. The number of hydrogen-bond acceptors (Lipinski definition) is 3. The molecule has 1 saturated heterocycles. The van der Waals surface area contributed by atoms with Crippen molar-refractivity contribution >= 4 is 35.2 Å². The first kappa shape index (κ1) is 25.4. The van der Waals surface area contributed by atoms with Crippen LogP contribution in [0.5, 0.6) is 0 Å². The van der Waals surface area contributed by atoms with Crippen LogP contribution < -0.4 is 5.32 Å². The third kappa shape index (κ3) is 6.21. The van der Waals surface area contributed by atoms with E-state index in [0.29, 0.717) is 29.4 Å².